The molecule has 7 nitrogen and oxygen atoms in total. The van der Waals surface area contributed by atoms with E-state index in [9.17, 15) is 13.2 Å². The van der Waals surface area contributed by atoms with Gasteiger partial charge in [0.05, 0.1) is 24.7 Å². The van der Waals surface area contributed by atoms with Crippen LogP contribution < -0.4 is 9.47 Å². The van der Waals surface area contributed by atoms with Gasteiger partial charge in [-0.2, -0.15) is 4.31 Å². The average molecular weight is 445 g/mol. The van der Waals surface area contributed by atoms with E-state index in [2.05, 4.69) is 0 Å². The SMILES string of the molecule is COc1cccc(C(=O)N2CCN(S(=O)(=O)c3ccc4c(c3)CCCC4)CC2)c1OC. The minimum atomic E-state index is -3.58. The van der Waals surface area contributed by atoms with Crippen molar-refractivity contribution in [3.05, 3.63) is 53.1 Å². The molecule has 0 aromatic heterocycles. The first kappa shape index (κ1) is 21.6. The first-order valence-electron chi connectivity index (χ1n) is 10.6. The van der Waals surface area contributed by atoms with Crippen molar-refractivity contribution in [3.63, 3.8) is 0 Å². The van der Waals surface area contributed by atoms with E-state index in [1.807, 2.05) is 12.1 Å². The molecule has 31 heavy (non-hydrogen) atoms. The summed E-state index contributed by atoms with van der Waals surface area (Å²) in [5.74, 6) is 0.683. The summed E-state index contributed by atoms with van der Waals surface area (Å²) in [5, 5.41) is 0. The number of amides is 1. The van der Waals surface area contributed by atoms with E-state index >= 15 is 0 Å². The molecule has 2 aromatic carbocycles. The normalized spacial score (nSPS) is 17.2. The lowest BCUT2D eigenvalue weighted by Gasteiger charge is -2.34. The van der Waals surface area contributed by atoms with Crippen LogP contribution in [0.25, 0.3) is 0 Å². The van der Waals surface area contributed by atoms with Gasteiger partial charge in [-0.05, 0) is 61.1 Å². The topological polar surface area (TPSA) is 76.2 Å². The van der Waals surface area contributed by atoms with E-state index in [0.29, 0.717) is 35.0 Å². The highest BCUT2D eigenvalue weighted by Gasteiger charge is 2.32. The van der Waals surface area contributed by atoms with Crippen LogP contribution in [0.5, 0.6) is 11.5 Å². The van der Waals surface area contributed by atoms with Crippen LogP contribution in [0.2, 0.25) is 0 Å². The summed E-state index contributed by atoms with van der Waals surface area (Å²) in [6, 6.07) is 10.7. The molecule has 8 heteroatoms. The maximum Gasteiger partial charge on any atom is 0.257 e. The zero-order valence-corrected chi connectivity index (χ0v) is 18.8. The van der Waals surface area contributed by atoms with Crippen LogP contribution in [0.1, 0.15) is 34.3 Å². The number of rotatable bonds is 5. The Labute approximate surface area is 183 Å². The van der Waals surface area contributed by atoms with Crippen molar-refractivity contribution in [1.82, 2.24) is 9.21 Å². The predicted octanol–water partition coefficient (Wildman–Crippen LogP) is 2.73. The third-order valence-corrected chi connectivity index (χ3v) is 8.01. The van der Waals surface area contributed by atoms with Gasteiger partial charge in [-0.3, -0.25) is 4.79 Å². The standard InChI is InChI=1S/C23H28N2O5S/c1-29-21-9-5-8-20(22(21)30-2)23(26)24-12-14-25(15-13-24)31(27,28)19-11-10-17-6-3-4-7-18(17)16-19/h5,8-11,16H,3-4,6-7,12-15H2,1-2H3. The van der Waals surface area contributed by atoms with E-state index < -0.39 is 10.0 Å². The molecular formula is C23H28N2O5S. The van der Waals surface area contributed by atoms with Crippen molar-refractivity contribution >= 4 is 15.9 Å². The Morgan fingerprint density at radius 2 is 1.61 bits per heavy atom. The number of ether oxygens (including phenoxy) is 2. The van der Waals surface area contributed by atoms with Crippen LogP contribution in [-0.2, 0) is 22.9 Å². The monoisotopic (exact) mass is 444 g/mol. The number of sulfonamides is 1. The number of carbonyl (C=O) groups excluding carboxylic acids is 1. The number of methoxy groups -OCH3 is 2. The molecule has 0 radical (unpaired) electrons. The second-order valence-corrected chi connectivity index (χ2v) is 9.81. The van der Waals surface area contributed by atoms with Crippen molar-refractivity contribution in [1.29, 1.82) is 0 Å². The van der Waals surface area contributed by atoms with Crippen LogP contribution in [0.4, 0.5) is 0 Å². The maximum atomic E-state index is 13.2. The number of nitrogens with zero attached hydrogens (tertiary/aromatic N) is 2. The van der Waals surface area contributed by atoms with Gasteiger partial charge < -0.3 is 14.4 Å². The molecule has 1 fully saturated rings. The molecule has 0 N–H and O–H groups in total. The fourth-order valence-electron chi connectivity index (χ4n) is 4.38. The van der Waals surface area contributed by atoms with E-state index in [1.54, 1.807) is 29.2 Å². The van der Waals surface area contributed by atoms with Crippen molar-refractivity contribution < 1.29 is 22.7 Å². The third kappa shape index (κ3) is 4.14. The van der Waals surface area contributed by atoms with E-state index in [0.717, 1.165) is 31.2 Å². The number of hydrogen-bond donors (Lipinski definition) is 0. The molecule has 166 valence electrons. The van der Waals surface area contributed by atoms with Gasteiger partial charge in [0.1, 0.15) is 0 Å². The minimum Gasteiger partial charge on any atom is -0.493 e. The van der Waals surface area contributed by atoms with Gasteiger partial charge in [-0.15, -0.1) is 0 Å². The first-order chi connectivity index (χ1) is 15.0. The summed E-state index contributed by atoms with van der Waals surface area (Å²) in [7, 11) is -0.560. The van der Waals surface area contributed by atoms with Crippen molar-refractivity contribution in [3.8, 4) is 11.5 Å². The Morgan fingerprint density at radius 3 is 2.29 bits per heavy atom. The highest BCUT2D eigenvalue weighted by atomic mass is 32.2. The van der Waals surface area contributed by atoms with Gasteiger partial charge in [-0.25, -0.2) is 8.42 Å². The van der Waals surface area contributed by atoms with Crippen LogP contribution >= 0.6 is 0 Å². The van der Waals surface area contributed by atoms with E-state index in [4.69, 9.17) is 9.47 Å². The lowest BCUT2D eigenvalue weighted by atomic mass is 9.92. The lowest BCUT2D eigenvalue weighted by molar-refractivity contribution is 0.0694. The molecule has 1 amide bonds. The van der Waals surface area contributed by atoms with Gasteiger partial charge in [0.15, 0.2) is 11.5 Å². The molecule has 0 unspecified atom stereocenters. The lowest BCUT2D eigenvalue weighted by Crippen LogP contribution is -2.50. The molecular weight excluding hydrogens is 416 g/mol. The number of aryl methyl sites for hydroxylation is 2. The second kappa shape index (κ2) is 8.88. The van der Waals surface area contributed by atoms with Gasteiger partial charge in [0.2, 0.25) is 10.0 Å². The highest BCUT2D eigenvalue weighted by Crippen LogP contribution is 2.32. The smallest absolute Gasteiger partial charge is 0.257 e. The van der Waals surface area contributed by atoms with Crippen molar-refractivity contribution in [2.45, 2.75) is 30.6 Å². The molecule has 0 spiro atoms. The van der Waals surface area contributed by atoms with Gasteiger partial charge in [0.25, 0.3) is 5.91 Å². The first-order valence-corrected chi connectivity index (χ1v) is 12.0. The van der Waals surface area contributed by atoms with Crippen LogP contribution in [-0.4, -0.2) is 63.9 Å². The fraction of sp³-hybridized carbons (Fsp3) is 0.435. The molecule has 1 aliphatic carbocycles. The fourth-order valence-corrected chi connectivity index (χ4v) is 5.85. The highest BCUT2D eigenvalue weighted by molar-refractivity contribution is 7.89. The van der Waals surface area contributed by atoms with Crippen LogP contribution in [0.15, 0.2) is 41.3 Å². The average Bonchev–Trinajstić information content (AvgIpc) is 2.82. The Balaban J connectivity index is 1.48. The molecule has 2 aliphatic rings. The van der Waals surface area contributed by atoms with Gasteiger partial charge >= 0.3 is 0 Å². The third-order valence-electron chi connectivity index (χ3n) is 6.12. The molecule has 0 saturated carbocycles. The van der Waals surface area contributed by atoms with E-state index in [1.165, 1.54) is 24.1 Å². The Morgan fingerprint density at radius 1 is 0.903 bits per heavy atom. The maximum absolute atomic E-state index is 13.2. The zero-order chi connectivity index (χ0) is 22.0. The predicted molar refractivity (Wildman–Crippen MR) is 117 cm³/mol. The number of para-hydroxylation sites is 1. The number of piperazine rings is 1. The van der Waals surface area contributed by atoms with E-state index in [-0.39, 0.29) is 19.0 Å². The summed E-state index contributed by atoms with van der Waals surface area (Å²) in [4.78, 5) is 15.1. The number of benzene rings is 2. The van der Waals surface area contributed by atoms with Crippen LogP contribution in [0.3, 0.4) is 0 Å². The minimum absolute atomic E-state index is 0.193. The quantitative estimate of drug-likeness (QED) is 0.709. The van der Waals surface area contributed by atoms with Gasteiger partial charge in [-0.1, -0.05) is 12.1 Å². The zero-order valence-electron chi connectivity index (χ0n) is 18.0. The Hall–Kier alpha value is -2.58. The molecule has 0 atom stereocenters. The number of hydrogen-bond acceptors (Lipinski definition) is 5. The Kier molecular flexibility index (Phi) is 6.20. The molecule has 2 aromatic rings. The second-order valence-electron chi connectivity index (χ2n) is 7.87. The van der Waals surface area contributed by atoms with Crippen molar-refractivity contribution in [2.24, 2.45) is 0 Å². The molecule has 0 bridgehead atoms. The van der Waals surface area contributed by atoms with Crippen molar-refractivity contribution in [2.75, 3.05) is 40.4 Å². The molecule has 4 rings (SSSR count). The van der Waals surface area contributed by atoms with Gasteiger partial charge in [0, 0.05) is 26.2 Å². The Bertz CT molecular complexity index is 1080. The molecule has 1 aliphatic heterocycles. The summed E-state index contributed by atoms with van der Waals surface area (Å²) in [6.45, 7) is 1.17. The molecule has 1 saturated heterocycles. The van der Waals surface area contributed by atoms with Crippen LogP contribution in [0, 0.1) is 0 Å². The molecule has 1 heterocycles. The number of fused-ring (bicyclic) bond motifs is 1. The summed E-state index contributed by atoms with van der Waals surface area (Å²) < 4.78 is 38.5. The summed E-state index contributed by atoms with van der Waals surface area (Å²) in [5.41, 5.74) is 2.81. The summed E-state index contributed by atoms with van der Waals surface area (Å²) in [6.07, 6.45) is 4.21. The largest absolute Gasteiger partial charge is 0.493 e. The summed E-state index contributed by atoms with van der Waals surface area (Å²) >= 11 is 0. The number of carbonyl (C=O) groups is 1.